The maximum Gasteiger partial charge on any atom is 0.151 e. The highest BCUT2D eigenvalue weighted by atomic mass is 79.9. The summed E-state index contributed by atoms with van der Waals surface area (Å²) in [6.45, 7) is 0. The average Bonchev–Trinajstić information content (AvgIpc) is 3.07. The van der Waals surface area contributed by atoms with E-state index in [0.717, 1.165) is 16.4 Å². The predicted molar refractivity (Wildman–Crippen MR) is 68.6 cm³/mol. The summed E-state index contributed by atoms with van der Waals surface area (Å²) in [6.07, 6.45) is 5.32. The number of hydrogen-bond acceptors (Lipinski definition) is 2. The van der Waals surface area contributed by atoms with E-state index in [1.807, 2.05) is 23.0 Å². The SMILES string of the molecule is O=Cc1ccc(-n2ccc(C3CC3)n2)cc1Br. The number of hydrogen-bond donors (Lipinski definition) is 0. The van der Waals surface area contributed by atoms with Crippen LogP contribution < -0.4 is 0 Å². The molecule has 17 heavy (non-hydrogen) atoms. The molecule has 0 N–H and O–H groups in total. The molecule has 86 valence electrons. The largest absolute Gasteiger partial charge is 0.298 e. The van der Waals surface area contributed by atoms with E-state index in [9.17, 15) is 4.79 Å². The molecule has 0 spiro atoms. The Bertz CT molecular complexity index is 573. The topological polar surface area (TPSA) is 34.9 Å². The Hall–Kier alpha value is -1.42. The van der Waals surface area contributed by atoms with E-state index < -0.39 is 0 Å². The zero-order valence-corrected chi connectivity index (χ0v) is 10.7. The zero-order chi connectivity index (χ0) is 11.8. The lowest BCUT2D eigenvalue weighted by molar-refractivity contribution is 0.112. The second-order valence-corrected chi connectivity index (χ2v) is 5.14. The number of aldehydes is 1. The lowest BCUT2D eigenvalue weighted by Crippen LogP contribution is -1.96. The molecule has 0 unspecified atom stereocenters. The van der Waals surface area contributed by atoms with Crippen molar-refractivity contribution >= 4 is 22.2 Å². The van der Waals surface area contributed by atoms with Gasteiger partial charge in [-0.05, 0) is 53.0 Å². The van der Waals surface area contributed by atoms with E-state index in [2.05, 4.69) is 27.1 Å². The van der Waals surface area contributed by atoms with Crippen molar-refractivity contribution < 1.29 is 4.79 Å². The number of rotatable bonds is 3. The summed E-state index contributed by atoms with van der Waals surface area (Å²) >= 11 is 3.38. The van der Waals surface area contributed by atoms with Crippen LogP contribution in [0.5, 0.6) is 0 Å². The van der Waals surface area contributed by atoms with Crippen LogP contribution in [0.3, 0.4) is 0 Å². The third-order valence-corrected chi connectivity index (χ3v) is 3.67. The first-order valence-electron chi connectivity index (χ1n) is 5.58. The highest BCUT2D eigenvalue weighted by molar-refractivity contribution is 9.10. The smallest absolute Gasteiger partial charge is 0.151 e. The van der Waals surface area contributed by atoms with Gasteiger partial charge in [0.05, 0.1) is 11.4 Å². The van der Waals surface area contributed by atoms with Crippen LogP contribution in [0.1, 0.15) is 34.8 Å². The molecule has 0 saturated heterocycles. The fraction of sp³-hybridized carbons (Fsp3) is 0.231. The summed E-state index contributed by atoms with van der Waals surface area (Å²) in [6, 6.07) is 7.68. The Balaban J connectivity index is 1.96. The molecule has 1 aliphatic carbocycles. The quantitative estimate of drug-likeness (QED) is 0.813. The van der Waals surface area contributed by atoms with Gasteiger partial charge >= 0.3 is 0 Å². The van der Waals surface area contributed by atoms with Crippen molar-refractivity contribution in [2.24, 2.45) is 0 Å². The predicted octanol–water partition coefficient (Wildman–Crippen LogP) is 3.32. The van der Waals surface area contributed by atoms with E-state index in [1.165, 1.54) is 18.5 Å². The maximum atomic E-state index is 10.7. The molecule has 1 heterocycles. The van der Waals surface area contributed by atoms with Gasteiger partial charge in [-0.15, -0.1) is 0 Å². The van der Waals surface area contributed by atoms with Gasteiger partial charge in [0.25, 0.3) is 0 Å². The van der Waals surface area contributed by atoms with Crippen molar-refractivity contribution in [3.8, 4) is 5.69 Å². The van der Waals surface area contributed by atoms with Crippen LogP contribution >= 0.6 is 15.9 Å². The van der Waals surface area contributed by atoms with Gasteiger partial charge < -0.3 is 0 Å². The second kappa shape index (κ2) is 4.11. The van der Waals surface area contributed by atoms with Crippen LogP contribution in [0.25, 0.3) is 5.69 Å². The molecule has 1 aromatic heterocycles. The monoisotopic (exact) mass is 290 g/mol. The highest BCUT2D eigenvalue weighted by Gasteiger charge is 2.25. The Morgan fingerprint density at radius 2 is 2.18 bits per heavy atom. The van der Waals surface area contributed by atoms with Gasteiger partial charge in [-0.1, -0.05) is 0 Å². The van der Waals surface area contributed by atoms with Gasteiger partial charge in [0.15, 0.2) is 6.29 Å². The van der Waals surface area contributed by atoms with Gasteiger partial charge in [0.2, 0.25) is 0 Å². The Kier molecular flexibility index (Phi) is 2.59. The first kappa shape index (κ1) is 10.7. The minimum Gasteiger partial charge on any atom is -0.298 e. The number of benzene rings is 1. The van der Waals surface area contributed by atoms with Crippen LogP contribution in [0.4, 0.5) is 0 Å². The molecule has 4 heteroatoms. The van der Waals surface area contributed by atoms with Gasteiger partial charge in [0.1, 0.15) is 0 Å². The Morgan fingerprint density at radius 3 is 2.82 bits per heavy atom. The van der Waals surface area contributed by atoms with Gasteiger partial charge in [-0.25, -0.2) is 4.68 Å². The summed E-state index contributed by atoms with van der Waals surface area (Å²) in [5.41, 5.74) is 2.79. The molecule has 3 rings (SSSR count). The van der Waals surface area contributed by atoms with Crippen molar-refractivity contribution in [2.45, 2.75) is 18.8 Å². The van der Waals surface area contributed by atoms with Crippen LogP contribution in [0, 0.1) is 0 Å². The molecule has 1 aliphatic rings. The summed E-state index contributed by atoms with van der Waals surface area (Å²) in [5, 5.41) is 4.55. The van der Waals surface area contributed by atoms with Gasteiger partial charge in [-0.2, -0.15) is 5.10 Å². The van der Waals surface area contributed by atoms with E-state index >= 15 is 0 Å². The molecule has 0 atom stereocenters. The van der Waals surface area contributed by atoms with Crippen molar-refractivity contribution in [1.82, 2.24) is 9.78 Å². The van der Waals surface area contributed by atoms with E-state index in [1.54, 1.807) is 6.07 Å². The molecule has 0 bridgehead atoms. The minimum atomic E-state index is 0.656. The third-order valence-electron chi connectivity index (χ3n) is 2.98. The van der Waals surface area contributed by atoms with Crippen molar-refractivity contribution in [3.05, 3.63) is 46.2 Å². The number of carbonyl (C=O) groups is 1. The number of carbonyl (C=O) groups excluding carboxylic acids is 1. The summed E-state index contributed by atoms with van der Waals surface area (Å²) in [7, 11) is 0. The molecule has 0 amide bonds. The van der Waals surface area contributed by atoms with Crippen LogP contribution in [-0.2, 0) is 0 Å². The molecule has 0 aliphatic heterocycles. The average molecular weight is 291 g/mol. The normalized spacial score (nSPS) is 14.9. The molecular formula is C13H11BrN2O. The lowest BCUT2D eigenvalue weighted by atomic mass is 10.2. The van der Waals surface area contributed by atoms with Crippen molar-refractivity contribution in [2.75, 3.05) is 0 Å². The zero-order valence-electron chi connectivity index (χ0n) is 9.14. The summed E-state index contributed by atoms with van der Waals surface area (Å²) in [4.78, 5) is 10.7. The lowest BCUT2D eigenvalue weighted by Gasteiger charge is -2.03. The number of aromatic nitrogens is 2. The molecule has 2 aromatic rings. The van der Waals surface area contributed by atoms with Gasteiger partial charge in [-0.3, -0.25) is 4.79 Å². The van der Waals surface area contributed by atoms with Crippen LogP contribution in [-0.4, -0.2) is 16.1 Å². The fourth-order valence-corrected chi connectivity index (χ4v) is 2.29. The maximum absolute atomic E-state index is 10.7. The minimum absolute atomic E-state index is 0.656. The Labute approximate surface area is 108 Å². The first-order valence-corrected chi connectivity index (χ1v) is 6.38. The summed E-state index contributed by atoms with van der Waals surface area (Å²) < 4.78 is 2.65. The molecule has 3 nitrogen and oxygen atoms in total. The Morgan fingerprint density at radius 1 is 1.35 bits per heavy atom. The molecule has 1 fully saturated rings. The summed E-state index contributed by atoms with van der Waals surface area (Å²) in [5.74, 6) is 0.661. The molecule has 1 aromatic carbocycles. The van der Waals surface area contributed by atoms with E-state index in [-0.39, 0.29) is 0 Å². The van der Waals surface area contributed by atoms with Crippen LogP contribution in [0.15, 0.2) is 34.9 Å². The first-order chi connectivity index (χ1) is 8.28. The van der Waals surface area contributed by atoms with Crippen molar-refractivity contribution in [3.63, 3.8) is 0 Å². The number of halogens is 1. The third kappa shape index (κ3) is 2.05. The highest BCUT2D eigenvalue weighted by Crippen LogP contribution is 2.39. The number of nitrogens with zero attached hydrogens (tertiary/aromatic N) is 2. The van der Waals surface area contributed by atoms with Crippen LogP contribution in [0.2, 0.25) is 0 Å². The molecule has 0 radical (unpaired) electrons. The van der Waals surface area contributed by atoms with Gasteiger partial charge in [0, 0.05) is 22.2 Å². The standard InChI is InChI=1S/C13H11BrN2O/c14-12-7-11(4-3-10(12)8-17)16-6-5-13(15-16)9-1-2-9/h3-9H,1-2H2. The second-order valence-electron chi connectivity index (χ2n) is 4.28. The fourth-order valence-electron chi connectivity index (χ4n) is 1.83. The molecular weight excluding hydrogens is 280 g/mol. The van der Waals surface area contributed by atoms with Crippen molar-refractivity contribution in [1.29, 1.82) is 0 Å². The molecule has 1 saturated carbocycles. The van der Waals surface area contributed by atoms with E-state index in [4.69, 9.17) is 0 Å². The van der Waals surface area contributed by atoms with E-state index in [0.29, 0.717) is 11.5 Å².